The van der Waals surface area contributed by atoms with Gasteiger partial charge in [-0.05, 0) is 49.1 Å². The summed E-state index contributed by atoms with van der Waals surface area (Å²) in [4.78, 5) is 26.8. The van der Waals surface area contributed by atoms with Crippen molar-refractivity contribution in [3.05, 3.63) is 77.6 Å². The van der Waals surface area contributed by atoms with Gasteiger partial charge in [-0.15, -0.1) is 0 Å². The summed E-state index contributed by atoms with van der Waals surface area (Å²) in [6.45, 7) is 1.08. The highest BCUT2D eigenvalue weighted by Gasteiger charge is 2.26. The summed E-state index contributed by atoms with van der Waals surface area (Å²) < 4.78 is 6.07. The fourth-order valence-electron chi connectivity index (χ4n) is 3.73. The molecule has 0 unspecified atom stereocenters. The minimum Gasteiger partial charge on any atom is -0.459 e. The highest BCUT2D eigenvalue weighted by Crippen LogP contribution is 2.30. The number of furan rings is 1. The molecule has 6 nitrogen and oxygen atoms in total. The third-order valence-electron chi connectivity index (χ3n) is 5.51. The summed E-state index contributed by atoms with van der Waals surface area (Å²) in [5.41, 5.74) is 3.36. The van der Waals surface area contributed by atoms with Gasteiger partial charge in [0, 0.05) is 29.4 Å². The predicted molar refractivity (Wildman–Crippen MR) is 114 cm³/mol. The van der Waals surface area contributed by atoms with Crippen LogP contribution in [0.1, 0.15) is 34.5 Å². The minimum atomic E-state index is -0.228. The van der Waals surface area contributed by atoms with Crippen molar-refractivity contribution in [3.8, 4) is 11.3 Å². The van der Waals surface area contributed by atoms with Gasteiger partial charge >= 0.3 is 6.03 Å². The maximum Gasteiger partial charge on any atom is 0.319 e. The number of amides is 3. The molecule has 1 aliphatic heterocycles. The molecule has 2 N–H and O–H groups in total. The van der Waals surface area contributed by atoms with Crippen molar-refractivity contribution in [2.45, 2.75) is 31.8 Å². The first-order valence-electron chi connectivity index (χ1n) is 10.3. The highest BCUT2D eigenvalue weighted by atomic mass is 16.3. The number of nitrogens with zero attached hydrogens (tertiary/aromatic N) is 1. The highest BCUT2D eigenvalue weighted by molar-refractivity contribution is 5.97. The van der Waals surface area contributed by atoms with E-state index in [1.807, 2.05) is 30.3 Å². The molecule has 2 heterocycles. The first-order chi connectivity index (χ1) is 14.7. The number of carbonyl (C=O) groups is 2. The molecule has 152 valence electrons. The Hall–Kier alpha value is -3.54. The number of nitrogens with one attached hydrogen (secondary N) is 2. The average molecular weight is 401 g/mol. The maximum atomic E-state index is 13.1. The Morgan fingerprint density at radius 2 is 1.83 bits per heavy atom. The Bertz CT molecular complexity index is 1090. The van der Waals surface area contributed by atoms with Crippen LogP contribution in [0.15, 0.2) is 65.1 Å². The topological polar surface area (TPSA) is 74.6 Å². The van der Waals surface area contributed by atoms with Crippen molar-refractivity contribution >= 4 is 17.6 Å². The molecule has 2 aromatic carbocycles. The second-order valence-electron chi connectivity index (χ2n) is 7.86. The van der Waals surface area contributed by atoms with Crippen LogP contribution in [0.25, 0.3) is 11.3 Å². The van der Waals surface area contributed by atoms with Crippen LogP contribution in [0.3, 0.4) is 0 Å². The van der Waals surface area contributed by atoms with Gasteiger partial charge < -0.3 is 20.0 Å². The molecule has 2 aliphatic rings. The van der Waals surface area contributed by atoms with Crippen LogP contribution < -0.4 is 10.6 Å². The molecule has 0 atom stereocenters. The molecule has 3 aromatic rings. The van der Waals surface area contributed by atoms with Crippen LogP contribution in [0.2, 0.25) is 0 Å². The van der Waals surface area contributed by atoms with Gasteiger partial charge in [0.25, 0.3) is 5.91 Å². The Balaban J connectivity index is 1.29. The standard InChI is InChI=1S/C24H23N3O3/c28-23(18-7-4-8-20(13-18)26-24(29)25-19-9-10-19)27-12-11-17-14-21(30-22(17)15-27)16-5-2-1-3-6-16/h1-8,13-14,19H,9-12,15H2,(H2,25,26,29). The fourth-order valence-corrected chi connectivity index (χ4v) is 3.73. The molecule has 1 fully saturated rings. The van der Waals surface area contributed by atoms with E-state index in [9.17, 15) is 9.59 Å². The molecule has 30 heavy (non-hydrogen) atoms. The van der Waals surface area contributed by atoms with Crippen LogP contribution >= 0.6 is 0 Å². The molecule has 5 rings (SSSR count). The average Bonchev–Trinajstić information content (AvgIpc) is 3.47. The Labute approximate surface area is 174 Å². The number of fused-ring (bicyclic) bond motifs is 1. The Morgan fingerprint density at radius 3 is 2.63 bits per heavy atom. The van der Waals surface area contributed by atoms with E-state index in [0.29, 0.717) is 24.3 Å². The Morgan fingerprint density at radius 1 is 1.00 bits per heavy atom. The quantitative estimate of drug-likeness (QED) is 0.679. The molecular weight excluding hydrogens is 378 g/mol. The second-order valence-corrected chi connectivity index (χ2v) is 7.86. The van der Waals surface area contributed by atoms with Gasteiger partial charge in [0.1, 0.15) is 11.5 Å². The molecule has 0 bridgehead atoms. The number of hydrogen-bond donors (Lipinski definition) is 2. The molecule has 0 spiro atoms. The lowest BCUT2D eigenvalue weighted by Crippen LogP contribution is -2.35. The van der Waals surface area contributed by atoms with E-state index in [1.54, 1.807) is 29.2 Å². The minimum absolute atomic E-state index is 0.0652. The number of benzene rings is 2. The largest absolute Gasteiger partial charge is 0.459 e. The molecule has 0 radical (unpaired) electrons. The fraction of sp³-hybridized carbons (Fsp3) is 0.250. The zero-order chi connectivity index (χ0) is 20.5. The molecule has 6 heteroatoms. The molecule has 1 aromatic heterocycles. The lowest BCUT2D eigenvalue weighted by atomic mass is 10.1. The Kier molecular flexibility index (Phi) is 4.75. The van der Waals surface area contributed by atoms with Crippen molar-refractivity contribution in [2.75, 3.05) is 11.9 Å². The number of hydrogen-bond acceptors (Lipinski definition) is 3. The van der Waals surface area contributed by atoms with Gasteiger partial charge in [-0.1, -0.05) is 36.4 Å². The predicted octanol–water partition coefficient (Wildman–Crippen LogP) is 4.43. The number of carbonyl (C=O) groups excluding carboxylic acids is 2. The lowest BCUT2D eigenvalue weighted by molar-refractivity contribution is 0.0720. The summed E-state index contributed by atoms with van der Waals surface area (Å²) in [6.07, 6.45) is 2.82. The summed E-state index contributed by atoms with van der Waals surface area (Å²) >= 11 is 0. The van der Waals surface area contributed by atoms with Gasteiger partial charge in [-0.25, -0.2) is 4.79 Å². The van der Waals surface area contributed by atoms with Gasteiger partial charge in [-0.2, -0.15) is 0 Å². The first-order valence-corrected chi connectivity index (χ1v) is 10.3. The van der Waals surface area contributed by atoms with Crippen LogP contribution in [-0.2, 0) is 13.0 Å². The summed E-state index contributed by atoms with van der Waals surface area (Å²) in [6, 6.07) is 19.2. The zero-order valence-electron chi connectivity index (χ0n) is 16.6. The number of urea groups is 1. The van der Waals surface area contributed by atoms with Gasteiger partial charge in [-0.3, -0.25) is 4.79 Å². The van der Waals surface area contributed by atoms with Crippen molar-refractivity contribution in [1.29, 1.82) is 0 Å². The monoisotopic (exact) mass is 401 g/mol. The summed E-state index contributed by atoms with van der Waals surface area (Å²) in [5, 5.41) is 5.69. The number of rotatable bonds is 4. The van der Waals surface area contributed by atoms with Crippen LogP contribution in [0.4, 0.5) is 10.5 Å². The summed E-state index contributed by atoms with van der Waals surface area (Å²) in [7, 11) is 0. The molecule has 3 amide bonds. The molecule has 1 aliphatic carbocycles. The van der Waals surface area contributed by atoms with Gasteiger partial charge in [0.2, 0.25) is 0 Å². The molecule has 1 saturated carbocycles. The van der Waals surface area contributed by atoms with Gasteiger partial charge in [0.15, 0.2) is 0 Å². The second kappa shape index (κ2) is 7.71. The molecule has 0 saturated heterocycles. The zero-order valence-corrected chi connectivity index (χ0v) is 16.6. The van der Waals surface area contributed by atoms with E-state index in [1.165, 1.54) is 0 Å². The van der Waals surface area contributed by atoms with E-state index in [0.717, 1.165) is 41.9 Å². The first kappa shape index (κ1) is 18.5. The van der Waals surface area contributed by atoms with Crippen molar-refractivity contribution in [2.24, 2.45) is 0 Å². The third kappa shape index (κ3) is 3.94. The third-order valence-corrected chi connectivity index (χ3v) is 5.51. The molecular formula is C24H23N3O3. The van der Waals surface area contributed by atoms with Crippen LogP contribution in [-0.4, -0.2) is 29.4 Å². The normalized spacial score (nSPS) is 15.4. The van der Waals surface area contributed by atoms with E-state index in [-0.39, 0.29) is 18.0 Å². The van der Waals surface area contributed by atoms with Crippen molar-refractivity contribution in [3.63, 3.8) is 0 Å². The lowest BCUT2D eigenvalue weighted by Gasteiger charge is -2.26. The van der Waals surface area contributed by atoms with Crippen molar-refractivity contribution in [1.82, 2.24) is 10.2 Å². The van der Waals surface area contributed by atoms with E-state index >= 15 is 0 Å². The maximum absolute atomic E-state index is 13.1. The van der Waals surface area contributed by atoms with Crippen molar-refractivity contribution < 1.29 is 14.0 Å². The summed E-state index contributed by atoms with van der Waals surface area (Å²) in [5.74, 6) is 1.61. The van der Waals surface area contributed by atoms with E-state index in [2.05, 4.69) is 16.7 Å². The van der Waals surface area contributed by atoms with E-state index in [4.69, 9.17) is 4.42 Å². The van der Waals surface area contributed by atoms with E-state index < -0.39 is 0 Å². The smallest absolute Gasteiger partial charge is 0.319 e. The van der Waals surface area contributed by atoms with Crippen LogP contribution in [0.5, 0.6) is 0 Å². The van der Waals surface area contributed by atoms with Crippen LogP contribution in [0, 0.1) is 0 Å². The SMILES string of the molecule is O=C(Nc1cccc(C(=O)N2CCc3cc(-c4ccccc4)oc3C2)c1)NC1CC1. The number of anilines is 1. The van der Waals surface area contributed by atoms with Gasteiger partial charge in [0.05, 0.1) is 6.54 Å².